The largest absolute Gasteiger partial charge is 0.496 e. The van der Waals surface area contributed by atoms with Crippen LogP contribution < -0.4 is 4.74 Å². The van der Waals surface area contributed by atoms with Crippen LogP contribution in [0.4, 0.5) is 0 Å². The lowest BCUT2D eigenvalue weighted by atomic mass is 10.0. The van der Waals surface area contributed by atoms with Gasteiger partial charge in [0.2, 0.25) is 0 Å². The zero-order chi connectivity index (χ0) is 14.6. The van der Waals surface area contributed by atoms with E-state index in [1.54, 1.807) is 39.0 Å². The number of aliphatic hydroxyl groups excluding tert-OH is 1. The number of esters is 1. The Morgan fingerprint density at radius 3 is 2.47 bits per heavy atom. The quantitative estimate of drug-likeness (QED) is 0.849. The summed E-state index contributed by atoms with van der Waals surface area (Å²) >= 11 is 0. The van der Waals surface area contributed by atoms with Crippen molar-refractivity contribution in [2.75, 3.05) is 13.7 Å². The Balaban J connectivity index is 3.16. The van der Waals surface area contributed by atoms with E-state index in [1.165, 1.54) is 7.11 Å². The SMILES string of the molecule is C=C(CO)c1ccc(OC)c(C(=O)OC(C)(C)C)c1. The van der Waals surface area contributed by atoms with Crippen molar-refractivity contribution in [1.29, 1.82) is 0 Å². The molecule has 104 valence electrons. The monoisotopic (exact) mass is 264 g/mol. The Morgan fingerprint density at radius 1 is 1.37 bits per heavy atom. The van der Waals surface area contributed by atoms with Gasteiger partial charge >= 0.3 is 5.97 Å². The summed E-state index contributed by atoms with van der Waals surface area (Å²) < 4.78 is 10.5. The molecule has 0 aliphatic rings. The molecule has 0 aromatic heterocycles. The molecule has 0 spiro atoms. The Hall–Kier alpha value is -1.81. The van der Waals surface area contributed by atoms with Gasteiger partial charge in [-0.3, -0.25) is 0 Å². The second-order valence-corrected chi connectivity index (χ2v) is 5.18. The van der Waals surface area contributed by atoms with Gasteiger partial charge in [0.25, 0.3) is 0 Å². The predicted molar refractivity (Wildman–Crippen MR) is 74.3 cm³/mol. The van der Waals surface area contributed by atoms with Gasteiger partial charge < -0.3 is 14.6 Å². The van der Waals surface area contributed by atoms with Crippen LogP contribution in [0.2, 0.25) is 0 Å². The van der Waals surface area contributed by atoms with E-state index >= 15 is 0 Å². The number of hydrogen-bond donors (Lipinski definition) is 1. The maximum absolute atomic E-state index is 12.1. The average molecular weight is 264 g/mol. The first kappa shape index (κ1) is 15.2. The fraction of sp³-hybridized carbons (Fsp3) is 0.400. The van der Waals surface area contributed by atoms with Crippen LogP contribution in [0.1, 0.15) is 36.7 Å². The summed E-state index contributed by atoms with van der Waals surface area (Å²) in [6, 6.07) is 5.02. The minimum Gasteiger partial charge on any atom is -0.496 e. The molecule has 0 saturated heterocycles. The van der Waals surface area contributed by atoms with Crippen LogP contribution in [0.25, 0.3) is 5.57 Å². The first-order valence-electron chi connectivity index (χ1n) is 5.99. The molecule has 4 nitrogen and oxygen atoms in total. The highest BCUT2D eigenvalue weighted by Gasteiger charge is 2.21. The number of ether oxygens (including phenoxy) is 2. The van der Waals surface area contributed by atoms with Gasteiger partial charge in [0, 0.05) is 0 Å². The molecule has 4 heteroatoms. The summed E-state index contributed by atoms with van der Waals surface area (Å²) in [6.07, 6.45) is 0. The minimum absolute atomic E-state index is 0.167. The van der Waals surface area contributed by atoms with Crippen molar-refractivity contribution in [1.82, 2.24) is 0 Å². The van der Waals surface area contributed by atoms with Gasteiger partial charge in [0.05, 0.1) is 13.7 Å². The molecule has 0 aliphatic carbocycles. The molecule has 0 fully saturated rings. The fourth-order valence-electron chi connectivity index (χ4n) is 1.51. The zero-order valence-corrected chi connectivity index (χ0v) is 11.8. The Bertz CT molecular complexity index is 483. The number of carbonyl (C=O) groups is 1. The molecule has 0 saturated carbocycles. The van der Waals surface area contributed by atoms with Crippen LogP contribution in [0.5, 0.6) is 5.75 Å². The van der Waals surface area contributed by atoms with Crippen molar-refractivity contribution in [3.63, 3.8) is 0 Å². The second-order valence-electron chi connectivity index (χ2n) is 5.18. The first-order valence-corrected chi connectivity index (χ1v) is 5.99. The molecule has 0 amide bonds. The van der Waals surface area contributed by atoms with Crippen LogP contribution in [-0.2, 0) is 4.74 Å². The predicted octanol–water partition coefficient (Wildman–Crippen LogP) is 2.66. The van der Waals surface area contributed by atoms with E-state index in [9.17, 15) is 4.79 Å². The summed E-state index contributed by atoms with van der Waals surface area (Å²) in [7, 11) is 1.49. The third-order valence-corrected chi connectivity index (χ3v) is 2.42. The molecule has 1 aromatic rings. The van der Waals surface area contributed by atoms with E-state index in [4.69, 9.17) is 14.6 Å². The number of aliphatic hydroxyl groups is 1. The zero-order valence-electron chi connectivity index (χ0n) is 11.8. The molecular formula is C15H20O4. The fourth-order valence-corrected chi connectivity index (χ4v) is 1.51. The summed E-state index contributed by atoms with van der Waals surface area (Å²) in [5.74, 6) is -0.0271. The van der Waals surface area contributed by atoms with Gasteiger partial charge in [-0.1, -0.05) is 12.6 Å². The first-order chi connectivity index (χ1) is 8.78. The van der Waals surface area contributed by atoms with Crippen molar-refractivity contribution in [2.24, 2.45) is 0 Å². The lowest BCUT2D eigenvalue weighted by molar-refractivity contribution is 0.00665. The maximum atomic E-state index is 12.1. The number of rotatable bonds is 4. The average Bonchev–Trinajstić information content (AvgIpc) is 2.35. The van der Waals surface area contributed by atoms with Crippen LogP contribution in [0, 0.1) is 0 Å². The lowest BCUT2D eigenvalue weighted by Gasteiger charge is -2.20. The number of hydrogen-bond acceptors (Lipinski definition) is 4. The summed E-state index contributed by atoms with van der Waals surface area (Å²) in [5, 5.41) is 9.08. The highest BCUT2D eigenvalue weighted by atomic mass is 16.6. The van der Waals surface area contributed by atoms with E-state index in [0.29, 0.717) is 22.4 Å². The molecule has 0 aliphatic heterocycles. The summed E-state index contributed by atoms with van der Waals surface area (Å²) in [6.45, 7) is 8.96. The second kappa shape index (κ2) is 5.89. The smallest absolute Gasteiger partial charge is 0.342 e. The summed E-state index contributed by atoms with van der Waals surface area (Å²) in [5.41, 5.74) is 0.965. The number of benzene rings is 1. The molecule has 0 bridgehead atoms. The maximum Gasteiger partial charge on any atom is 0.342 e. The van der Waals surface area contributed by atoms with Crippen molar-refractivity contribution in [3.05, 3.63) is 35.9 Å². The van der Waals surface area contributed by atoms with E-state index in [2.05, 4.69) is 6.58 Å². The van der Waals surface area contributed by atoms with E-state index in [0.717, 1.165) is 0 Å². The van der Waals surface area contributed by atoms with E-state index in [-0.39, 0.29) is 6.61 Å². The molecule has 0 radical (unpaired) electrons. The topological polar surface area (TPSA) is 55.8 Å². The van der Waals surface area contributed by atoms with Crippen molar-refractivity contribution >= 4 is 11.5 Å². The van der Waals surface area contributed by atoms with E-state index in [1.807, 2.05) is 0 Å². The van der Waals surface area contributed by atoms with Gasteiger partial charge in [-0.2, -0.15) is 0 Å². The van der Waals surface area contributed by atoms with Crippen molar-refractivity contribution < 1.29 is 19.4 Å². The lowest BCUT2D eigenvalue weighted by Crippen LogP contribution is -2.24. The molecule has 0 heterocycles. The van der Waals surface area contributed by atoms with Crippen LogP contribution in [-0.4, -0.2) is 30.4 Å². The van der Waals surface area contributed by atoms with Crippen molar-refractivity contribution in [3.8, 4) is 5.75 Å². The van der Waals surface area contributed by atoms with E-state index < -0.39 is 11.6 Å². The third-order valence-electron chi connectivity index (χ3n) is 2.42. The van der Waals surface area contributed by atoms with Gasteiger partial charge in [0.1, 0.15) is 16.9 Å². The standard InChI is InChI=1S/C15H20O4/c1-10(9-16)11-6-7-13(18-5)12(8-11)14(17)19-15(2,3)4/h6-8,16H,1,9H2,2-5H3. The Morgan fingerprint density at radius 2 is 2.00 bits per heavy atom. The molecule has 1 aromatic carbocycles. The Kier molecular flexibility index (Phi) is 4.72. The van der Waals surface area contributed by atoms with Gasteiger partial charge in [-0.05, 0) is 44.0 Å². The third kappa shape index (κ3) is 4.10. The van der Waals surface area contributed by atoms with Crippen molar-refractivity contribution in [2.45, 2.75) is 26.4 Å². The highest BCUT2D eigenvalue weighted by molar-refractivity contribution is 5.94. The Labute approximate surface area is 113 Å². The van der Waals surface area contributed by atoms with Gasteiger partial charge in [0.15, 0.2) is 0 Å². The van der Waals surface area contributed by atoms with Crippen LogP contribution in [0.15, 0.2) is 24.8 Å². The van der Waals surface area contributed by atoms with Gasteiger partial charge in [-0.15, -0.1) is 0 Å². The molecule has 0 unspecified atom stereocenters. The number of methoxy groups -OCH3 is 1. The molecule has 1 N–H and O–H groups in total. The highest BCUT2D eigenvalue weighted by Crippen LogP contribution is 2.25. The normalized spacial score (nSPS) is 11.0. The minimum atomic E-state index is -0.577. The van der Waals surface area contributed by atoms with Gasteiger partial charge in [-0.25, -0.2) is 4.79 Å². The van der Waals surface area contributed by atoms with Crippen LogP contribution >= 0.6 is 0 Å². The van der Waals surface area contributed by atoms with Crippen LogP contribution in [0.3, 0.4) is 0 Å². The molecule has 0 atom stereocenters. The molecular weight excluding hydrogens is 244 g/mol. The summed E-state index contributed by atoms with van der Waals surface area (Å²) in [4.78, 5) is 12.1. The molecule has 1 rings (SSSR count). The number of carbonyl (C=O) groups excluding carboxylic acids is 1. The molecule has 19 heavy (non-hydrogen) atoms.